The highest BCUT2D eigenvalue weighted by Gasteiger charge is 2.07. The summed E-state index contributed by atoms with van der Waals surface area (Å²) in [7, 11) is 0. The van der Waals surface area contributed by atoms with Crippen molar-refractivity contribution in [2.75, 3.05) is 0 Å². The molecule has 0 atom stereocenters. The van der Waals surface area contributed by atoms with Crippen LogP contribution in [0.15, 0.2) is 0 Å². The predicted octanol–water partition coefficient (Wildman–Crippen LogP) is 14.2. The highest BCUT2D eigenvalue weighted by atomic mass is 15.0. The van der Waals surface area contributed by atoms with Crippen LogP contribution in [0.3, 0.4) is 0 Å². The van der Waals surface area contributed by atoms with E-state index in [1.165, 1.54) is 205 Å². The summed E-state index contributed by atoms with van der Waals surface area (Å²) in [4.78, 5) is 14.5. The molecule has 0 amide bonds. The van der Waals surface area contributed by atoms with Crippen molar-refractivity contribution in [1.29, 1.82) is 0 Å². The van der Waals surface area contributed by atoms with Crippen LogP contribution in [-0.4, -0.2) is 15.0 Å². The maximum Gasteiger partial charge on any atom is 0.132 e. The fourth-order valence-electron chi connectivity index (χ4n) is 6.68. The molecule has 0 spiro atoms. The number of rotatable bonds is 36. The second kappa shape index (κ2) is 34.3. The summed E-state index contributed by atoms with van der Waals surface area (Å²) in [6.45, 7) is 8.64. The molecule has 1 rings (SSSR count). The Morgan fingerprint density at radius 2 is 0.489 bits per heavy atom. The Morgan fingerprint density at radius 3 is 0.711 bits per heavy atom. The first-order chi connectivity index (χ1) is 22.3. The van der Waals surface area contributed by atoms with Gasteiger partial charge in [0, 0.05) is 19.3 Å². The topological polar surface area (TPSA) is 38.7 Å². The Balaban J connectivity index is 2.02. The molecule has 0 aromatic carbocycles. The van der Waals surface area contributed by atoms with E-state index in [-0.39, 0.29) is 0 Å². The summed E-state index contributed by atoms with van der Waals surface area (Å²) in [6.07, 6.45) is 48.9. The molecule has 1 heterocycles. The maximum atomic E-state index is 4.89. The molecule has 1 aromatic rings. The minimum atomic E-state index is 0.862. The van der Waals surface area contributed by atoms with Crippen molar-refractivity contribution >= 4 is 0 Å². The molecule has 1 aromatic heterocycles. The summed E-state index contributed by atoms with van der Waals surface area (Å²) in [5, 5.41) is 0. The predicted molar refractivity (Wildman–Crippen MR) is 200 cm³/mol. The van der Waals surface area contributed by atoms with Gasteiger partial charge >= 0.3 is 0 Å². The molecular weight excluding hydrogens is 546 g/mol. The van der Waals surface area contributed by atoms with Crippen molar-refractivity contribution in [1.82, 2.24) is 15.0 Å². The lowest BCUT2D eigenvalue weighted by atomic mass is 10.0. The summed E-state index contributed by atoms with van der Waals surface area (Å²) in [5.41, 5.74) is 0. The highest BCUT2D eigenvalue weighted by molar-refractivity contribution is 4.99. The largest absolute Gasteiger partial charge is 0.218 e. The van der Waals surface area contributed by atoms with Crippen molar-refractivity contribution in [3.05, 3.63) is 24.4 Å². The SMILES string of the molecule is [CH2]CCc1nc(CCCCCCCCCCCCCCCCCC)nc(CCCCCCCCCCCCCCCCCC)n1. The van der Waals surface area contributed by atoms with Crippen molar-refractivity contribution in [2.45, 2.75) is 245 Å². The second-order valence-electron chi connectivity index (χ2n) is 14.3. The fraction of sp³-hybridized carbons (Fsp3) is 0.905. The Hall–Kier alpha value is -0.990. The number of aromatic nitrogens is 3. The van der Waals surface area contributed by atoms with E-state index in [4.69, 9.17) is 15.0 Å². The first-order valence-corrected chi connectivity index (χ1v) is 20.8. The molecule has 45 heavy (non-hydrogen) atoms. The quantitative estimate of drug-likeness (QED) is 0.0695. The molecule has 3 heteroatoms. The van der Waals surface area contributed by atoms with Gasteiger partial charge in [0.15, 0.2) is 0 Å². The molecular formula is C42H80N3. The van der Waals surface area contributed by atoms with E-state index < -0.39 is 0 Å². The Bertz CT molecular complexity index is 664. The third-order valence-electron chi connectivity index (χ3n) is 9.68. The van der Waals surface area contributed by atoms with Crippen molar-refractivity contribution in [2.24, 2.45) is 0 Å². The molecule has 0 saturated heterocycles. The Kier molecular flexibility index (Phi) is 32.1. The molecule has 0 aliphatic carbocycles. The molecule has 0 fully saturated rings. The molecule has 0 N–H and O–H groups in total. The van der Waals surface area contributed by atoms with Gasteiger partial charge in [-0.3, -0.25) is 0 Å². The lowest BCUT2D eigenvalue weighted by Gasteiger charge is -2.08. The normalized spacial score (nSPS) is 11.5. The van der Waals surface area contributed by atoms with Gasteiger partial charge in [-0.25, -0.2) is 15.0 Å². The molecule has 1 radical (unpaired) electrons. The van der Waals surface area contributed by atoms with Crippen LogP contribution in [0.2, 0.25) is 0 Å². The number of hydrogen-bond acceptors (Lipinski definition) is 3. The average molecular weight is 627 g/mol. The van der Waals surface area contributed by atoms with Crippen LogP contribution in [0.5, 0.6) is 0 Å². The van der Waals surface area contributed by atoms with Crippen LogP contribution in [-0.2, 0) is 19.3 Å². The van der Waals surface area contributed by atoms with Gasteiger partial charge in [0.2, 0.25) is 0 Å². The van der Waals surface area contributed by atoms with E-state index in [9.17, 15) is 0 Å². The molecule has 0 unspecified atom stereocenters. The third-order valence-corrected chi connectivity index (χ3v) is 9.68. The van der Waals surface area contributed by atoms with Crippen LogP contribution in [0.4, 0.5) is 0 Å². The fourth-order valence-corrected chi connectivity index (χ4v) is 6.68. The van der Waals surface area contributed by atoms with Crippen LogP contribution >= 0.6 is 0 Å². The summed E-state index contributed by atoms with van der Waals surface area (Å²) < 4.78 is 0. The van der Waals surface area contributed by atoms with Crippen LogP contribution < -0.4 is 0 Å². The van der Waals surface area contributed by atoms with Crippen molar-refractivity contribution < 1.29 is 0 Å². The van der Waals surface area contributed by atoms with E-state index in [1.54, 1.807) is 0 Å². The Labute approximate surface area is 283 Å². The zero-order valence-corrected chi connectivity index (χ0v) is 31.0. The van der Waals surface area contributed by atoms with Crippen LogP contribution in [0.1, 0.15) is 243 Å². The van der Waals surface area contributed by atoms with E-state index in [2.05, 4.69) is 20.8 Å². The number of nitrogens with zero attached hydrogens (tertiary/aromatic N) is 3. The van der Waals surface area contributed by atoms with E-state index in [1.807, 2.05) is 0 Å². The number of unbranched alkanes of at least 4 members (excludes halogenated alkanes) is 30. The first-order valence-electron chi connectivity index (χ1n) is 20.8. The van der Waals surface area contributed by atoms with Gasteiger partial charge < -0.3 is 0 Å². The molecule has 0 saturated carbocycles. The lowest BCUT2D eigenvalue weighted by molar-refractivity contribution is 0.527. The van der Waals surface area contributed by atoms with Gasteiger partial charge in [-0.2, -0.15) is 0 Å². The zero-order valence-electron chi connectivity index (χ0n) is 31.0. The van der Waals surface area contributed by atoms with Gasteiger partial charge in [0.05, 0.1) is 0 Å². The molecule has 0 aliphatic heterocycles. The third kappa shape index (κ3) is 28.9. The molecule has 3 nitrogen and oxygen atoms in total. The molecule has 0 bridgehead atoms. The van der Waals surface area contributed by atoms with Gasteiger partial charge in [-0.05, 0) is 19.3 Å². The summed E-state index contributed by atoms with van der Waals surface area (Å²) >= 11 is 0. The van der Waals surface area contributed by atoms with Crippen molar-refractivity contribution in [3.8, 4) is 0 Å². The second-order valence-corrected chi connectivity index (χ2v) is 14.3. The average Bonchev–Trinajstić information content (AvgIpc) is 3.04. The highest BCUT2D eigenvalue weighted by Crippen LogP contribution is 2.16. The zero-order chi connectivity index (χ0) is 32.3. The first kappa shape index (κ1) is 42.0. The minimum absolute atomic E-state index is 0.862. The van der Waals surface area contributed by atoms with E-state index >= 15 is 0 Å². The molecule has 0 aliphatic rings. The van der Waals surface area contributed by atoms with E-state index in [0.29, 0.717) is 0 Å². The van der Waals surface area contributed by atoms with Gasteiger partial charge in [-0.1, -0.05) is 213 Å². The number of aryl methyl sites for hydroxylation is 3. The smallest absolute Gasteiger partial charge is 0.132 e. The standard InChI is InChI=1S/C42H80N3/c1-4-7-9-11-13-15-17-19-21-23-25-27-29-31-33-35-38-41-43-40(37-6-3)44-42(45-41)39-36-34-32-30-28-26-24-22-20-18-16-14-12-10-8-5-2/h3-39H2,1-2H3. The van der Waals surface area contributed by atoms with E-state index in [0.717, 1.165) is 43.2 Å². The lowest BCUT2D eigenvalue weighted by Crippen LogP contribution is -2.08. The summed E-state index contributed by atoms with van der Waals surface area (Å²) in [6, 6.07) is 0. The maximum absolute atomic E-state index is 4.89. The molecule has 263 valence electrons. The van der Waals surface area contributed by atoms with Gasteiger partial charge in [0.1, 0.15) is 17.5 Å². The van der Waals surface area contributed by atoms with Gasteiger partial charge in [0.25, 0.3) is 0 Å². The van der Waals surface area contributed by atoms with Gasteiger partial charge in [-0.15, -0.1) is 0 Å². The monoisotopic (exact) mass is 627 g/mol. The van der Waals surface area contributed by atoms with Crippen molar-refractivity contribution in [3.63, 3.8) is 0 Å². The van der Waals surface area contributed by atoms with Crippen LogP contribution in [0.25, 0.3) is 0 Å². The Morgan fingerprint density at radius 1 is 0.289 bits per heavy atom. The summed E-state index contributed by atoms with van der Waals surface area (Å²) in [5.74, 6) is 3.04. The minimum Gasteiger partial charge on any atom is -0.218 e. The number of hydrogen-bond donors (Lipinski definition) is 0. The van der Waals surface area contributed by atoms with Crippen LogP contribution in [0, 0.1) is 6.92 Å².